The predicted molar refractivity (Wildman–Crippen MR) is 203 cm³/mol. The molecule has 18 nitrogen and oxygen atoms in total. The van der Waals surface area contributed by atoms with Crippen molar-refractivity contribution in [2.45, 2.75) is 78.1 Å². The van der Waals surface area contributed by atoms with E-state index in [-0.39, 0.29) is 58.4 Å². The lowest BCUT2D eigenvalue weighted by Gasteiger charge is -1.96. The SMILES string of the molecule is CC(=O)OCCCO.CC(=O)OCCO.COCCCCCO.COCCCCCO.COCCCCO.COCCCO.COCCO.COCO. The van der Waals surface area contributed by atoms with Gasteiger partial charge in [0.25, 0.3) is 0 Å². The quantitative estimate of drug-likeness (QED) is 0.0359. The maximum Gasteiger partial charge on any atom is 0.302 e. The van der Waals surface area contributed by atoms with Gasteiger partial charge in [0, 0.05) is 122 Å². The Bertz CT molecular complexity index is 499. The number of carbonyl (C=O) groups excluding carboxylic acids is 2. The van der Waals surface area contributed by atoms with Crippen LogP contribution in [0.1, 0.15) is 78.1 Å². The summed E-state index contributed by atoms with van der Waals surface area (Å²) in [7, 11) is 9.65. The van der Waals surface area contributed by atoms with Crippen molar-refractivity contribution in [1.82, 2.24) is 0 Å². The van der Waals surface area contributed by atoms with Gasteiger partial charge in [-0.3, -0.25) is 9.59 Å². The fourth-order valence-electron chi connectivity index (χ4n) is 2.20. The third-order valence-corrected chi connectivity index (χ3v) is 4.71. The van der Waals surface area contributed by atoms with Crippen molar-refractivity contribution >= 4 is 11.9 Å². The Labute approximate surface area is 320 Å². The monoisotopic (exact) mass is 791 g/mol. The topological polar surface area (TPSA) is 270 Å². The van der Waals surface area contributed by atoms with Crippen LogP contribution in [0.2, 0.25) is 0 Å². The van der Waals surface area contributed by atoms with Gasteiger partial charge in [-0.25, -0.2) is 0 Å². The highest BCUT2D eigenvalue weighted by molar-refractivity contribution is 5.66. The number of hydrogen-bond donors (Lipinski definition) is 8. The molecule has 0 aromatic rings. The summed E-state index contributed by atoms with van der Waals surface area (Å²) in [4.78, 5) is 19.9. The minimum Gasteiger partial charge on any atom is -0.466 e. The Kier molecular flexibility index (Phi) is 115. The molecule has 0 spiro atoms. The fourth-order valence-corrected chi connectivity index (χ4v) is 2.20. The summed E-state index contributed by atoms with van der Waals surface area (Å²) in [5.41, 5.74) is 0. The molecular formula is C35H82O18. The number of methoxy groups -OCH3 is 6. The Hall–Kier alpha value is -1.62. The van der Waals surface area contributed by atoms with E-state index in [1.54, 1.807) is 35.5 Å². The number of esters is 2. The zero-order valence-corrected chi connectivity index (χ0v) is 34.3. The molecule has 0 bridgehead atoms. The summed E-state index contributed by atoms with van der Waals surface area (Å²) in [5.74, 6) is -0.646. The molecule has 0 aromatic carbocycles. The molecule has 330 valence electrons. The zero-order chi connectivity index (χ0) is 42.5. The average molecular weight is 791 g/mol. The van der Waals surface area contributed by atoms with Crippen LogP contribution < -0.4 is 0 Å². The van der Waals surface area contributed by atoms with E-state index in [1.807, 2.05) is 0 Å². The Morgan fingerprint density at radius 2 is 0.585 bits per heavy atom. The number of unbranched alkanes of at least 4 members (excludes halogenated alkanes) is 5. The van der Waals surface area contributed by atoms with Crippen LogP contribution in [0.3, 0.4) is 0 Å². The summed E-state index contributed by atoms with van der Waals surface area (Å²) < 4.78 is 36.3. The Morgan fingerprint density at radius 3 is 0.792 bits per heavy atom. The first-order chi connectivity index (χ1) is 25.5. The van der Waals surface area contributed by atoms with Gasteiger partial charge in [-0.05, 0) is 57.8 Å². The largest absolute Gasteiger partial charge is 0.466 e. The number of aliphatic hydroxyl groups is 8. The molecular weight excluding hydrogens is 708 g/mol. The van der Waals surface area contributed by atoms with E-state index in [2.05, 4.69) is 23.7 Å². The van der Waals surface area contributed by atoms with Gasteiger partial charge in [0.2, 0.25) is 0 Å². The molecule has 0 radical (unpaired) electrons. The maximum atomic E-state index is 10.0. The molecule has 8 N–H and O–H groups in total. The molecule has 0 unspecified atom stereocenters. The van der Waals surface area contributed by atoms with Crippen molar-refractivity contribution < 1.29 is 88.3 Å². The van der Waals surface area contributed by atoms with Crippen LogP contribution in [0.15, 0.2) is 0 Å². The van der Waals surface area contributed by atoms with E-state index in [1.165, 1.54) is 21.0 Å². The van der Waals surface area contributed by atoms with E-state index in [9.17, 15) is 9.59 Å². The van der Waals surface area contributed by atoms with Crippen molar-refractivity contribution in [2.24, 2.45) is 0 Å². The molecule has 0 saturated heterocycles. The molecule has 0 aliphatic rings. The first-order valence-corrected chi connectivity index (χ1v) is 17.6. The summed E-state index contributed by atoms with van der Waals surface area (Å²) in [6.07, 6.45) is 9.19. The van der Waals surface area contributed by atoms with Crippen LogP contribution in [-0.2, 0) is 47.5 Å². The minimum atomic E-state index is -0.353. The van der Waals surface area contributed by atoms with Crippen molar-refractivity contribution in [2.75, 3.05) is 142 Å². The normalized spacial score (nSPS) is 8.98. The molecule has 0 aliphatic carbocycles. The smallest absolute Gasteiger partial charge is 0.302 e. The molecule has 0 heterocycles. The zero-order valence-electron chi connectivity index (χ0n) is 34.3. The first kappa shape index (κ1) is 69.3. The van der Waals surface area contributed by atoms with Crippen LogP contribution in [0, 0.1) is 0 Å². The second-order valence-electron chi connectivity index (χ2n) is 9.66. The third kappa shape index (κ3) is 157. The first-order valence-electron chi connectivity index (χ1n) is 17.6. The third-order valence-electron chi connectivity index (χ3n) is 4.71. The summed E-state index contributed by atoms with van der Waals surface area (Å²) in [6, 6.07) is 0. The summed E-state index contributed by atoms with van der Waals surface area (Å²) in [5, 5.41) is 64.8. The van der Waals surface area contributed by atoms with Crippen molar-refractivity contribution in [3.05, 3.63) is 0 Å². The van der Waals surface area contributed by atoms with E-state index >= 15 is 0 Å². The van der Waals surface area contributed by atoms with Crippen molar-refractivity contribution in [3.8, 4) is 0 Å². The molecule has 0 rings (SSSR count). The lowest BCUT2D eigenvalue weighted by molar-refractivity contribution is -0.142. The Morgan fingerprint density at radius 1 is 0.321 bits per heavy atom. The van der Waals surface area contributed by atoms with Gasteiger partial charge in [0.05, 0.1) is 26.4 Å². The molecule has 0 aromatic heterocycles. The average Bonchev–Trinajstić information content (AvgIpc) is 3.16. The molecule has 0 aliphatic heterocycles. The number of carbonyl (C=O) groups is 2. The van der Waals surface area contributed by atoms with Gasteiger partial charge in [-0.2, -0.15) is 0 Å². The second-order valence-corrected chi connectivity index (χ2v) is 9.66. The van der Waals surface area contributed by atoms with Crippen molar-refractivity contribution in [1.29, 1.82) is 0 Å². The van der Waals surface area contributed by atoms with E-state index in [4.69, 9.17) is 55.1 Å². The molecule has 0 atom stereocenters. The van der Waals surface area contributed by atoms with E-state index in [0.29, 0.717) is 39.5 Å². The van der Waals surface area contributed by atoms with Crippen LogP contribution in [0.4, 0.5) is 0 Å². The number of aliphatic hydroxyl groups excluding tert-OH is 8. The minimum absolute atomic E-state index is 0.0767. The van der Waals surface area contributed by atoms with Crippen LogP contribution in [0.5, 0.6) is 0 Å². The van der Waals surface area contributed by atoms with Crippen LogP contribution in [0.25, 0.3) is 0 Å². The van der Waals surface area contributed by atoms with Crippen LogP contribution in [-0.4, -0.2) is 195 Å². The maximum absolute atomic E-state index is 10.0. The standard InChI is InChI=1S/2C6H14O2.C5H10O3.C5H12O2.C4H8O3.C4H10O2.C3H8O2.C2H6O2/c2*1-8-6-4-2-3-5-7;1-5(7)8-4-2-3-6;1-7-5-3-2-4-6;1-4(6)7-3-2-5;1-6-4-2-3-5;1-5-3-2-4;1-4-2-3/h2*7H,2-6H2,1H3;6H,2-4H2,1H3;6H,2-5H2,1H3;5H,2-3H2,1H3;5H,2-4H2,1H3;4H,2-3H2,1H3;3H,2H2,1H3. The molecule has 0 amide bonds. The van der Waals surface area contributed by atoms with Crippen LogP contribution >= 0.6 is 0 Å². The van der Waals surface area contributed by atoms with Gasteiger partial charge < -0.3 is 78.7 Å². The lowest BCUT2D eigenvalue weighted by atomic mass is 10.2. The molecule has 18 heteroatoms. The number of rotatable bonds is 25. The molecule has 0 saturated carbocycles. The second kappa shape index (κ2) is 87.9. The van der Waals surface area contributed by atoms with E-state index < -0.39 is 0 Å². The lowest BCUT2D eigenvalue weighted by Crippen LogP contribution is -2.03. The fraction of sp³-hybridized carbons (Fsp3) is 0.943. The predicted octanol–water partition coefficient (Wildman–Crippen LogP) is 0.693. The highest BCUT2D eigenvalue weighted by Crippen LogP contribution is 1.93. The molecule has 0 fully saturated rings. The van der Waals surface area contributed by atoms with Gasteiger partial charge >= 0.3 is 11.9 Å². The highest BCUT2D eigenvalue weighted by atomic mass is 16.6. The highest BCUT2D eigenvalue weighted by Gasteiger charge is 1.89. The summed E-state index contributed by atoms with van der Waals surface area (Å²) >= 11 is 0. The van der Waals surface area contributed by atoms with E-state index in [0.717, 1.165) is 77.6 Å². The van der Waals surface area contributed by atoms with Gasteiger partial charge in [-0.15, -0.1) is 0 Å². The number of hydrogen-bond acceptors (Lipinski definition) is 18. The summed E-state index contributed by atoms with van der Waals surface area (Å²) in [6.45, 7) is 7.64. The van der Waals surface area contributed by atoms with Crippen molar-refractivity contribution in [3.63, 3.8) is 0 Å². The number of ether oxygens (including phenoxy) is 8. The van der Waals surface area contributed by atoms with Gasteiger partial charge in [-0.1, -0.05) is 0 Å². The Balaban J connectivity index is -0.0000000734. The van der Waals surface area contributed by atoms with Gasteiger partial charge in [0.1, 0.15) is 13.4 Å². The molecule has 53 heavy (non-hydrogen) atoms. The van der Waals surface area contributed by atoms with Gasteiger partial charge in [0.15, 0.2) is 0 Å².